The van der Waals surface area contributed by atoms with Gasteiger partial charge in [-0.1, -0.05) is 0 Å². The summed E-state index contributed by atoms with van der Waals surface area (Å²) in [6, 6.07) is 0. The molecule has 1 radical (unpaired) electrons. The van der Waals surface area contributed by atoms with Gasteiger partial charge in [0, 0.05) is 18.6 Å². The molecule has 0 aromatic rings. The van der Waals surface area contributed by atoms with Crippen LogP contribution in [0.4, 0.5) is 0 Å². The van der Waals surface area contributed by atoms with Crippen LogP contribution >= 0.6 is 9.12 Å². The summed E-state index contributed by atoms with van der Waals surface area (Å²) in [6.45, 7) is 0. The number of rotatable bonds is 0. The fraction of sp³-hybridized carbons (Fsp3) is 0. The summed E-state index contributed by atoms with van der Waals surface area (Å²) in [4.78, 5) is 0. The SMILES string of the molecule is O=P.[NaH].[V]. The van der Waals surface area contributed by atoms with Gasteiger partial charge >= 0.3 is 29.6 Å². The summed E-state index contributed by atoms with van der Waals surface area (Å²) < 4.78 is 8.06. The molecule has 0 aromatic carbocycles. The van der Waals surface area contributed by atoms with Crippen LogP contribution in [0.3, 0.4) is 0 Å². The van der Waals surface area contributed by atoms with Crippen LogP contribution < -0.4 is 0 Å². The smallest absolute Gasteiger partial charge is 0 e. The second-order valence-electron chi connectivity index (χ2n) is 0. The molecule has 0 atom stereocenters. The Balaban J connectivity index is -0.00000000500. The van der Waals surface area contributed by atoms with Crippen LogP contribution in [-0.4, -0.2) is 29.6 Å². The van der Waals surface area contributed by atoms with Gasteiger partial charge in [0.15, 0.2) is 0 Å². The summed E-state index contributed by atoms with van der Waals surface area (Å²) >= 11 is 0. The topological polar surface area (TPSA) is 17.1 Å². The monoisotopic (exact) mass is 123 g/mol. The molecule has 0 aliphatic carbocycles. The van der Waals surface area contributed by atoms with Crippen molar-refractivity contribution in [2.45, 2.75) is 0 Å². The maximum atomic E-state index is 8.06. The van der Waals surface area contributed by atoms with Gasteiger partial charge in [-0.05, 0) is 0 Å². The van der Waals surface area contributed by atoms with Gasteiger partial charge in [-0.25, -0.2) is 0 Å². The maximum Gasteiger partial charge on any atom is 0 e. The summed E-state index contributed by atoms with van der Waals surface area (Å²) in [5.41, 5.74) is 0. The van der Waals surface area contributed by atoms with Crippen molar-refractivity contribution in [2.24, 2.45) is 0 Å². The average Bonchev–Trinajstić information content (AvgIpc) is 1.00. The Labute approximate surface area is 61.3 Å². The molecule has 0 unspecified atom stereocenters. The third-order valence-corrected chi connectivity index (χ3v) is 0. The van der Waals surface area contributed by atoms with E-state index in [9.17, 15) is 0 Å². The van der Waals surface area contributed by atoms with E-state index in [2.05, 4.69) is 0 Å². The first-order valence-electron chi connectivity index (χ1n) is 0.204. The first-order chi connectivity index (χ1) is 1.00. The molecule has 0 saturated heterocycles. The Morgan fingerprint density at radius 1 is 1.25 bits per heavy atom. The second kappa shape index (κ2) is 22.4. The Bertz CT molecular complexity index is 8.00. The van der Waals surface area contributed by atoms with Crippen molar-refractivity contribution in [2.75, 3.05) is 0 Å². The molecule has 19 valence electrons. The largest absolute Gasteiger partial charge is 0 e. The Morgan fingerprint density at radius 3 is 1.25 bits per heavy atom. The van der Waals surface area contributed by atoms with E-state index in [-0.39, 0.29) is 48.1 Å². The molecule has 0 amide bonds. The molecule has 0 aliphatic heterocycles. The zero-order valence-corrected chi connectivity index (χ0v) is 3.75. The van der Waals surface area contributed by atoms with E-state index in [1.807, 2.05) is 0 Å². The van der Waals surface area contributed by atoms with Crippen LogP contribution in [0.5, 0.6) is 0 Å². The standard InChI is InChI=1S/Na.HOP.V.H/c;1-2;;/h;2H;;. The second-order valence-corrected chi connectivity index (χ2v) is 0. The van der Waals surface area contributed by atoms with Crippen LogP contribution in [0.1, 0.15) is 0 Å². The predicted octanol–water partition coefficient (Wildman–Crippen LogP) is -0.176. The van der Waals surface area contributed by atoms with E-state index in [4.69, 9.17) is 4.57 Å². The van der Waals surface area contributed by atoms with Crippen LogP contribution in [0.15, 0.2) is 0 Å². The van der Waals surface area contributed by atoms with Crippen LogP contribution in [-0.2, 0) is 23.1 Å². The van der Waals surface area contributed by atoms with Gasteiger partial charge in [0.25, 0.3) is 0 Å². The molecule has 0 heterocycles. The van der Waals surface area contributed by atoms with E-state index >= 15 is 0 Å². The Morgan fingerprint density at radius 2 is 1.25 bits per heavy atom. The molecule has 0 aliphatic rings. The molecule has 4 heavy (non-hydrogen) atoms. The minimum atomic E-state index is 0. The summed E-state index contributed by atoms with van der Waals surface area (Å²) in [5, 5.41) is 0. The molecular formula is H2NaOPV. The van der Waals surface area contributed by atoms with Crippen molar-refractivity contribution in [3.05, 3.63) is 0 Å². The van der Waals surface area contributed by atoms with Gasteiger partial charge in [0.1, 0.15) is 9.12 Å². The first-order valence-corrected chi connectivity index (χ1v) is 0.612. The van der Waals surface area contributed by atoms with Crippen LogP contribution in [0.25, 0.3) is 0 Å². The molecule has 0 aromatic heterocycles. The van der Waals surface area contributed by atoms with Crippen molar-refractivity contribution in [1.82, 2.24) is 0 Å². The minimum Gasteiger partial charge on any atom is 0 e. The van der Waals surface area contributed by atoms with Crippen molar-refractivity contribution < 1.29 is 23.1 Å². The molecule has 0 spiro atoms. The van der Waals surface area contributed by atoms with E-state index in [1.165, 1.54) is 0 Å². The molecule has 0 N–H and O–H groups in total. The minimum absolute atomic E-state index is 0. The van der Waals surface area contributed by atoms with Crippen molar-refractivity contribution >= 4 is 38.7 Å². The van der Waals surface area contributed by atoms with E-state index in [1.54, 1.807) is 9.12 Å². The average molecular weight is 123 g/mol. The third-order valence-electron chi connectivity index (χ3n) is 0. The van der Waals surface area contributed by atoms with Gasteiger partial charge in [0.05, 0.1) is 0 Å². The van der Waals surface area contributed by atoms with Crippen LogP contribution in [0, 0.1) is 0 Å². The Kier molecular flexibility index (Phi) is 97.0. The number of hydrogen-bond acceptors (Lipinski definition) is 1. The first kappa shape index (κ1) is 17.3. The molecule has 0 fully saturated rings. The normalized spacial score (nSPS) is 1.00. The van der Waals surface area contributed by atoms with Gasteiger partial charge < -0.3 is 0 Å². The summed E-state index contributed by atoms with van der Waals surface area (Å²) in [7, 11) is 1.72. The van der Waals surface area contributed by atoms with Crippen molar-refractivity contribution in [3.63, 3.8) is 0 Å². The molecule has 0 bridgehead atoms. The van der Waals surface area contributed by atoms with Gasteiger partial charge in [-0.2, -0.15) is 0 Å². The van der Waals surface area contributed by atoms with Gasteiger partial charge in [-0.3, -0.25) is 4.57 Å². The molecule has 0 saturated carbocycles. The van der Waals surface area contributed by atoms with Crippen molar-refractivity contribution in [1.29, 1.82) is 0 Å². The fourth-order valence-electron chi connectivity index (χ4n) is 0. The number of hydrogen-bond donors (Lipinski definition) is 0. The predicted molar refractivity (Wildman–Crippen MR) is 16.2 cm³/mol. The van der Waals surface area contributed by atoms with Crippen molar-refractivity contribution in [3.8, 4) is 0 Å². The summed E-state index contributed by atoms with van der Waals surface area (Å²) in [6.07, 6.45) is 0. The maximum absolute atomic E-state index is 8.06. The Hall–Kier alpha value is 1.68. The fourth-order valence-corrected chi connectivity index (χ4v) is 0. The molecule has 0 rings (SSSR count). The van der Waals surface area contributed by atoms with Gasteiger partial charge in [0.2, 0.25) is 0 Å². The quantitative estimate of drug-likeness (QED) is 0.322. The zero-order chi connectivity index (χ0) is 2.00. The van der Waals surface area contributed by atoms with E-state index in [0.717, 1.165) is 0 Å². The zero-order valence-electron chi connectivity index (χ0n) is 1.36. The molecular weight excluding hydrogens is 121 g/mol. The molecule has 4 heteroatoms. The summed E-state index contributed by atoms with van der Waals surface area (Å²) in [5.74, 6) is 0. The van der Waals surface area contributed by atoms with E-state index < -0.39 is 0 Å². The van der Waals surface area contributed by atoms with E-state index in [0.29, 0.717) is 0 Å². The molecule has 1 nitrogen and oxygen atoms in total. The van der Waals surface area contributed by atoms with Crippen LogP contribution in [0.2, 0.25) is 0 Å². The van der Waals surface area contributed by atoms with Gasteiger partial charge in [-0.15, -0.1) is 0 Å². The third kappa shape index (κ3) is 9.36.